The van der Waals surface area contributed by atoms with Crippen LogP contribution in [0.1, 0.15) is 18.3 Å². The smallest absolute Gasteiger partial charge is 0.0825 e. The summed E-state index contributed by atoms with van der Waals surface area (Å²) in [5.74, 6) is 0. The largest absolute Gasteiger partial charge is 0.391 e. The molecule has 0 fully saturated rings. The molecule has 1 N–H and O–H groups in total. The zero-order valence-corrected chi connectivity index (χ0v) is 7.07. The molecule has 0 saturated heterocycles. The van der Waals surface area contributed by atoms with Crippen LogP contribution in [0.25, 0.3) is 0 Å². The van der Waals surface area contributed by atoms with Gasteiger partial charge in [0.25, 0.3) is 0 Å². The number of aryl methyl sites for hydroxylation is 1. The average molecular weight is 155 g/mol. The van der Waals surface area contributed by atoms with Crippen molar-refractivity contribution in [3.05, 3.63) is 11.4 Å². The molecular weight excluding hydrogens is 142 g/mol. The van der Waals surface area contributed by atoms with Gasteiger partial charge in [-0.1, -0.05) is 5.21 Å². The number of aromatic nitrogens is 3. The SMILES string of the molecule is Cc1nnn(C[C@@H](C)O)c1C. The Hall–Kier alpha value is -0.900. The van der Waals surface area contributed by atoms with Crippen LogP contribution in [0.3, 0.4) is 0 Å². The summed E-state index contributed by atoms with van der Waals surface area (Å²) in [6.07, 6.45) is -0.366. The maximum absolute atomic E-state index is 9.05. The van der Waals surface area contributed by atoms with Crippen LogP contribution in [-0.4, -0.2) is 26.2 Å². The molecule has 0 unspecified atom stereocenters. The third kappa shape index (κ3) is 1.77. The molecule has 62 valence electrons. The van der Waals surface area contributed by atoms with Gasteiger partial charge < -0.3 is 5.11 Å². The number of aliphatic hydroxyl groups excluding tert-OH is 1. The first-order valence-corrected chi connectivity index (χ1v) is 3.66. The summed E-state index contributed by atoms with van der Waals surface area (Å²) in [5, 5.41) is 16.8. The number of nitrogens with zero attached hydrogens (tertiary/aromatic N) is 3. The second-order valence-electron chi connectivity index (χ2n) is 2.79. The number of hydrogen-bond acceptors (Lipinski definition) is 3. The van der Waals surface area contributed by atoms with E-state index in [0.717, 1.165) is 11.4 Å². The Kier molecular flexibility index (Phi) is 2.24. The van der Waals surface area contributed by atoms with Gasteiger partial charge in [0.05, 0.1) is 24.0 Å². The van der Waals surface area contributed by atoms with E-state index in [1.807, 2.05) is 13.8 Å². The van der Waals surface area contributed by atoms with Crippen molar-refractivity contribution >= 4 is 0 Å². The molecule has 0 bridgehead atoms. The van der Waals surface area contributed by atoms with Crippen LogP contribution in [0, 0.1) is 13.8 Å². The van der Waals surface area contributed by atoms with Crippen molar-refractivity contribution in [1.29, 1.82) is 0 Å². The second kappa shape index (κ2) is 3.00. The summed E-state index contributed by atoms with van der Waals surface area (Å²) in [4.78, 5) is 0. The van der Waals surface area contributed by atoms with Crippen molar-refractivity contribution < 1.29 is 5.11 Å². The Morgan fingerprint density at radius 1 is 1.55 bits per heavy atom. The topological polar surface area (TPSA) is 50.9 Å². The molecule has 4 nitrogen and oxygen atoms in total. The summed E-state index contributed by atoms with van der Waals surface area (Å²) < 4.78 is 1.71. The summed E-state index contributed by atoms with van der Waals surface area (Å²) in [7, 11) is 0. The number of rotatable bonds is 2. The van der Waals surface area contributed by atoms with Gasteiger partial charge in [-0.25, -0.2) is 4.68 Å². The normalized spacial score (nSPS) is 13.5. The quantitative estimate of drug-likeness (QED) is 0.667. The molecule has 1 aromatic rings. The van der Waals surface area contributed by atoms with Gasteiger partial charge in [-0.15, -0.1) is 5.10 Å². The summed E-state index contributed by atoms with van der Waals surface area (Å²) in [5.41, 5.74) is 1.94. The molecule has 0 radical (unpaired) electrons. The molecule has 0 aliphatic carbocycles. The average Bonchev–Trinajstić information content (AvgIpc) is 2.18. The minimum atomic E-state index is -0.366. The van der Waals surface area contributed by atoms with Crippen molar-refractivity contribution in [3.63, 3.8) is 0 Å². The maximum atomic E-state index is 9.05. The van der Waals surface area contributed by atoms with Crippen molar-refractivity contribution in [1.82, 2.24) is 15.0 Å². The van der Waals surface area contributed by atoms with E-state index in [2.05, 4.69) is 10.3 Å². The van der Waals surface area contributed by atoms with Crippen LogP contribution in [0.5, 0.6) is 0 Å². The number of aliphatic hydroxyl groups is 1. The van der Waals surface area contributed by atoms with Crippen LogP contribution >= 0.6 is 0 Å². The maximum Gasteiger partial charge on any atom is 0.0825 e. The van der Waals surface area contributed by atoms with Gasteiger partial charge in [0, 0.05) is 0 Å². The fourth-order valence-corrected chi connectivity index (χ4v) is 0.871. The van der Waals surface area contributed by atoms with Gasteiger partial charge in [-0.2, -0.15) is 0 Å². The van der Waals surface area contributed by atoms with Gasteiger partial charge in [-0.05, 0) is 20.8 Å². The van der Waals surface area contributed by atoms with Gasteiger partial charge >= 0.3 is 0 Å². The third-order valence-electron chi connectivity index (χ3n) is 1.65. The van der Waals surface area contributed by atoms with E-state index >= 15 is 0 Å². The highest BCUT2D eigenvalue weighted by Crippen LogP contribution is 2.01. The van der Waals surface area contributed by atoms with E-state index < -0.39 is 0 Å². The van der Waals surface area contributed by atoms with E-state index in [4.69, 9.17) is 5.11 Å². The molecule has 0 saturated carbocycles. The van der Waals surface area contributed by atoms with E-state index in [9.17, 15) is 0 Å². The van der Waals surface area contributed by atoms with Gasteiger partial charge in [0.15, 0.2) is 0 Å². The molecule has 11 heavy (non-hydrogen) atoms. The highest BCUT2D eigenvalue weighted by molar-refractivity contribution is 5.04. The molecule has 0 aliphatic rings. The highest BCUT2D eigenvalue weighted by atomic mass is 16.3. The fourth-order valence-electron chi connectivity index (χ4n) is 0.871. The molecule has 0 spiro atoms. The van der Waals surface area contributed by atoms with Gasteiger partial charge in [-0.3, -0.25) is 0 Å². The zero-order chi connectivity index (χ0) is 8.43. The molecule has 0 aromatic carbocycles. The van der Waals surface area contributed by atoms with Crippen LogP contribution < -0.4 is 0 Å². The molecule has 0 amide bonds. The monoisotopic (exact) mass is 155 g/mol. The summed E-state index contributed by atoms with van der Waals surface area (Å²) >= 11 is 0. The minimum absolute atomic E-state index is 0.366. The predicted molar refractivity (Wildman–Crippen MR) is 41.2 cm³/mol. The molecule has 1 rings (SSSR count). The number of hydrogen-bond donors (Lipinski definition) is 1. The standard InChI is InChI=1S/C7H13N3O/c1-5(11)4-10-7(3)6(2)8-9-10/h5,11H,4H2,1-3H3/t5-/m1/s1. The molecule has 1 heterocycles. The first-order valence-electron chi connectivity index (χ1n) is 3.66. The first kappa shape index (κ1) is 8.20. The Balaban J connectivity index is 2.79. The van der Waals surface area contributed by atoms with Crippen LogP contribution in [-0.2, 0) is 6.54 Å². The minimum Gasteiger partial charge on any atom is -0.391 e. The molecule has 0 aliphatic heterocycles. The Morgan fingerprint density at radius 3 is 2.55 bits per heavy atom. The lowest BCUT2D eigenvalue weighted by atomic mass is 10.3. The molecular formula is C7H13N3O. The lowest BCUT2D eigenvalue weighted by Crippen LogP contribution is -2.14. The van der Waals surface area contributed by atoms with Crippen LogP contribution in [0.2, 0.25) is 0 Å². The Morgan fingerprint density at radius 2 is 2.18 bits per heavy atom. The molecule has 1 atom stereocenters. The zero-order valence-electron chi connectivity index (χ0n) is 7.07. The lowest BCUT2D eigenvalue weighted by molar-refractivity contribution is 0.166. The first-order chi connectivity index (χ1) is 5.11. The van der Waals surface area contributed by atoms with Gasteiger partial charge in [0.1, 0.15) is 0 Å². The van der Waals surface area contributed by atoms with E-state index in [1.165, 1.54) is 0 Å². The van der Waals surface area contributed by atoms with Crippen LogP contribution in [0.4, 0.5) is 0 Å². The third-order valence-corrected chi connectivity index (χ3v) is 1.65. The van der Waals surface area contributed by atoms with E-state index in [-0.39, 0.29) is 6.10 Å². The van der Waals surface area contributed by atoms with Crippen molar-refractivity contribution in [2.24, 2.45) is 0 Å². The van der Waals surface area contributed by atoms with E-state index in [1.54, 1.807) is 11.6 Å². The van der Waals surface area contributed by atoms with Crippen molar-refractivity contribution in [2.75, 3.05) is 0 Å². The van der Waals surface area contributed by atoms with E-state index in [0.29, 0.717) is 6.54 Å². The fraction of sp³-hybridized carbons (Fsp3) is 0.714. The second-order valence-corrected chi connectivity index (χ2v) is 2.79. The van der Waals surface area contributed by atoms with Crippen molar-refractivity contribution in [2.45, 2.75) is 33.4 Å². The molecule has 4 heteroatoms. The Labute approximate surface area is 65.8 Å². The highest BCUT2D eigenvalue weighted by Gasteiger charge is 2.05. The van der Waals surface area contributed by atoms with Gasteiger partial charge in [0.2, 0.25) is 0 Å². The summed E-state index contributed by atoms with van der Waals surface area (Å²) in [6, 6.07) is 0. The summed E-state index contributed by atoms with van der Waals surface area (Å²) in [6.45, 7) is 6.10. The molecule has 1 aromatic heterocycles. The van der Waals surface area contributed by atoms with Crippen LogP contribution in [0.15, 0.2) is 0 Å². The van der Waals surface area contributed by atoms with Crippen molar-refractivity contribution in [3.8, 4) is 0 Å². The Bertz CT molecular complexity index is 242. The predicted octanol–water partition coefficient (Wildman–Crippen LogP) is 0.276. The lowest BCUT2D eigenvalue weighted by Gasteiger charge is -2.04.